The molecule has 21 heavy (non-hydrogen) atoms. The van der Waals surface area contributed by atoms with Crippen LogP contribution in [0.3, 0.4) is 0 Å². The van der Waals surface area contributed by atoms with Crippen molar-refractivity contribution in [3.63, 3.8) is 0 Å². The summed E-state index contributed by atoms with van der Waals surface area (Å²) in [5.74, 6) is 0.579. The fourth-order valence-corrected chi connectivity index (χ4v) is 4.72. The van der Waals surface area contributed by atoms with Gasteiger partial charge in [0.25, 0.3) is 0 Å². The van der Waals surface area contributed by atoms with E-state index in [1.165, 1.54) is 4.31 Å². The highest BCUT2D eigenvalue weighted by Gasteiger charge is 2.27. The molecule has 0 fully saturated rings. The van der Waals surface area contributed by atoms with E-state index in [-0.39, 0.29) is 10.8 Å². The molecule has 0 aliphatic carbocycles. The molecule has 4 nitrogen and oxygen atoms in total. The van der Waals surface area contributed by atoms with E-state index in [4.69, 9.17) is 16.3 Å². The van der Waals surface area contributed by atoms with Gasteiger partial charge < -0.3 is 4.74 Å². The van der Waals surface area contributed by atoms with Gasteiger partial charge in [0.05, 0.1) is 11.5 Å². The van der Waals surface area contributed by atoms with Gasteiger partial charge in [0.1, 0.15) is 0 Å². The first-order valence-corrected chi connectivity index (χ1v) is 9.43. The second-order valence-electron chi connectivity index (χ2n) is 5.15. The van der Waals surface area contributed by atoms with Gasteiger partial charge in [-0.1, -0.05) is 19.9 Å². The molecule has 0 heterocycles. The van der Waals surface area contributed by atoms with Crippen molar-refractivity contribution in [1.29, 1.82) is 0 Å². The molecular formula is C14H21BrClNO3S. The van der Waals surface area contributed by atoms with Crippen LogP contribution in [0.5, 0.6) is 0 Å². The summed E-state index contributed by atoms with van der Waals surface area (Å²) >= 11 is 9.10. The number of hydrogen-bond acceptors (Lipinski definition) is 3. The zero-order valence-electron chi connectivity index (χ0n) is 12.5. The topological polar surface area (TPSA) is 46.6 Å². The number of halogens is 2. The van der Waals surface area contributed by atoms with Crippen LogP contribution in [-0.4, -0.2) is 39.5 Å². The van der Waals surface area contributed by atoms with Gasteiger partial charge in [-0.05, 0) is 39.5 Å². The molecular weight excluding hydrogens is 378 g/mol. The summed E-state index contributed by atoms with van der Waals surface area (Å²) in [4.78, 5) is 0.258. The van der Waals surface area contributed by atoms with Crippen molar-refractivity contribution < 1.29 is 13.2 Å². The standard InChI is InChI=1S/C14H21BrClNO3S/c1-11(2)10-17(6-7-20-3)21(18,19)14-5-4-12(9-16)8-13(14)15/h4-5,8,11H,6-7,9-10H2,1-3H3. The molecule has 0 saturated carbocycles. The SMILES string of the molecule is COCCN(CC(C)C)S(=O)(=O)c1ccc(CCl)cc1Br. The molecule has 1 aromatic rings. The van der Waals surface area contributed by atoms with Crippen LogP contribution < -0.4 is 0 Å². The number of hydrogen-bond donors (Lipinski definition) is 0. The van der Waals surface area contributed by atoms with Crippen LogP contribution in [0.25, 0.3) is 0 Å². The lowest BCUT2D eigenvalue weighted by Crippen LogP contribution is -2.36. The van der Waals surface area contributed by atoms with E-state index in [1.54, 1.807) is 25.3 Å². The lowest BCUT2D eigenvalue weighted by molar-refractivity contribution is 0.175. The molecule has 0 aliphatic heterocycles. The summed E-state index contributed by atoms with van der Waals surface area (Å²) in [5, 5.41) is 0. The molecule has 0 unspecified atom stereocenters. The van der Waals surface area contributed by atoms with Gasteiger partial charge >= 0.3 is 0 Å². The maximum absolute atomic E-state index is 12.8. The smallest absolute Gasteiger partial charge is 0.244 e. The van der Waals surface area contributed by atoms with Crippen LogP contribution in [-0.2, 0) is 20.6 Å². The average molecular weight is 399 g/mol. The van der Waals surface area contributed by atoms with Crippen LogP contribution in [0.4, 0.5) is 0 Å². The van der Waals surface area contributed by atoms with Crippen molar-refractivity contribution in [2.75, 3.05) is 26.8 Å². The van der Waals surface area contributed by atoms with Gasteiger partial charge in [0, 0.05) is 30.6 Å². The molecule has 0 saturated heterocycles. The highest BCUT2D eigenvalue weighted by Crippen LogP contribution is 2.27. The van der Waals surface area contributed by atoms with E-state index < -0.39 is 10.0 Å². The van der Waals surface area contributed by atoms with Crippen molar-refractivity contribution in [3.05, 3.63) is 28.2 Å². The number of alkyl halides is 1. The maximum atomic E-state index is 12.8. The minimum atomic E-state index is -3.56. The Morgan fingerprint density at radius 1 is 1.38 bits per heavy atom. The molecule has 0 spiro atoms. The van der Waals surface area contributed by atoms with E-state index >= 15 is 0 Å². The third-order valence-electron chi connectivity index (χ3n) is 2.88. The van der Waals surface area contributed by atoms with Gasteiger partial charge in [0.15, 0.2) is 0 Å². The van der Waals surface area contributed by atoms with E-state index in [0.29, 0.717) is 30.0 Å². The van der Waals surface area contributed by atoms with Crippen molar-refractivity contribution in [2.45, 2.75) is 24.6 Å². The van der Waals surface area contributed by atoms with Crippen LogP contribution in [0.1, 0.15) is 19.4 Å². The first kappa shape index (κ1) is 18.9. The highest BCUT2D eigenvalue weighted by atomic mass is 79.9. The second kappa shape index (κ2) is 8.48. The molecule has 1 aromatic carbocycles. The van der Waals surface area contributed by atoms with E-state index in [9.17, 15) is 8.42 Å². The quantitative estimate of drug-likeness (QED) is 0.630. The monoisotopic (exact) mass is 397 g/mol. The zero-order valence-corrected chi connectivity index (χ0v) is 15.6. The number of sulfonamides is 1. The third kappa shape index (κ3) is 5.21. The Labute approximate surface area is 140 Å². The molecule has 0 amide bonds. The van der Waals surface area contributed by atoms with Crippen LogP contribution in [0.2, 0.25) is 0 Å². The maximum Gasteiger partial charge on any atom is 0.244 e. The first-order valence-electron chi connectivity index (χ1n) is 6.66. The third-order valence-corrected chi connectivity index (χ3v) is 6.03. The van der Waals surface area contributed by atoms with Crippen molar-refractivity contribution in [1.82, 2.24) is 4.31 Å². The molecule has 0 N–H and O–H groups in total. The zero-order chi connectivity index (χ0) is 16.0. The number of nitrogens with zero attached hydrogens (tertiary/aromatic N) is 1. The first-order chi connectivity index (χ1) is 9.82. The Bertz CT molecular complexity index is 563. The molecule has 0 atom stereocenters. The fraction of sp³-hybridized carbons (Fsp3) is 0.571. The highest BCUT2D eigenvalue weighted by molar-refractivity contribution is 9.10. The molecule has 1 rings (SSSR count). The van der Waals surface area contributed by atoms with Crippen molar-refractivity contribution >= 4 is 37.6 Å². The van der Waals surface area contributed by atoms with Crippen LogP contribution in [0.15, 0.2) is 27.6 Å². The molecule has 0 aliphatic rings. The summed E-state index contributed by atoms with van der Waals surface area (Å²) in [7, 11) is -2.00. The molecule has 0 bridgehead atoms. The number of ether oxygens (including phenoxy) is 1. The van der Waals surface area contributed by atoms with E-state index in [2.05, 4.69) is 15.9 Å². The summed E-state index contributed by atoms with van der Waals surface area (Å²) in [6.07, 6.45) is 0. The minimum Gasteiger partial charge on any atom is -0.383 e. The summed E-state index contributed by atoms with van der Waals surface area (Å²) < 4.78 is 32.6. The van der Waals surface area contributed by atoms with Crippen molar-refractivity contribution in [2.24, 2.45) is 5.92 Å². The molecule has 0 radical (unpaired) electrons. The van der Waals surface area contributed by atoms with Gasteiger partial charge in [-0.3, -0.25) is 0 Å². The molecule has 120 valence electrons. The Balaban J connectivity index is 3.15. The Hall–Kier alpha value is -0.140. The molecule has 7 heteroatoms. The number of benzene rings is 1. The predicted molar refractivity (Wildman–Crippen MR) is 89.2 cm³/mol. The van der Waals surface area contributed by atoms with Gasteiger partial charge in [-0.15, -0.1) is 11.6 Å². The van der Waals surface area contributed by atoms with Crippen molar-refractivity contribution in [3.8, 4) is 0 Å². The summed E-state index contributed by atoms with van der Waals surface area (Å²) in [6, 6.07) is 5.07. The fourth-order valence-electron chi connectivity index (χ4n) is 1.89. The van der Waals surface area contributed by atoms with Gasteiger partial charge in [-0.2, -0.15) is 4.31 Å². The Morgan fingerprint density at radius 3 is 2.52 bits per heavy atom. The van der Waals surface area contributed by atoms with Gasteiger partial charge in [0.2, 0.25) is 10.0 Å². The second-order valence-corrected chi connectivity index (χ2v) is 8.18. The van der Waals surface area contributed by atoms with Crippen LogP contribution in [0, 0.1) is 5.92 Å². The summed E-state index contributed by atoms with van der Waals surface area (Å²) in [5.41, 5.74) is 0.870. The van der Waals surface area contributed by atoms with E-state index in [0.717, 1.165) is 5.56 Å². The number of rotatable bonds is 8. The Kier molecular flexibility index (Phi) is 7.64. The lowest BCUT2D eigenvalue weighted by Gasteiger charge is -2.24. The normalized spacial score (nSPS) is 12.3. The average Bonchev–Trinajstić information content (AvgIpc) is 2.42. The van der Waals surface area contributed by atoms with Crippen LogP contribution >= 0.6 is 27.5 Å². The summed E-state index contributed by atoms with van der Waals surface area (Å²) in [6.45, 7) is 5.13. The molecule has 0 aromatic heterocycles. The predicted octanol–water partition coefficient (Wildman–Crippen LogP) is 3.48. The largest absolute Gasteiger partial charge is 0.383 e. The van der Waals surface area contributed by atoms with E-state index in [1.807, 2.05) is 13.8 Å². The Morgan fingerprint density at radius 2 is 2.05 bits per heavy atom. The minimum absolute atomic E-state index is 0.234. The van der Waals surface area contributed by atoms with Gasteiger partial charge in [-0.25, -0.2) is 8.42 Å². The lowest BCUT2D eigenvalue weighted by atomic mass is 10.2. The number of methoxy groups -OCH3 is 1.